The highest BCUT2D eigenvalue weighted by Crippen LogP contribution is 1.96. The molecule has 0 aromatic rings. The molecule has 0 heterocycles. The van der Waals surface area contributed by atoms with Crippen molar-refractivity contribution in [2.24, 2.45) is 0 Å². The van der Waals surface area contributed by atoms with E-state index >= 15 is 0 Å². The van der Waals surface area contributed by atoms with Crippen LogP contribution in [0.4, 0.5) is 0 Å². The fourth-order valence-electron chi connectivity index (χ4n) is 0.816. The lowest BCUT2D eigenvalue weighted by molar-refractivity contribution is -0.137. The molecule has 14 heavy (non-hydrogen) atoms. The molecule has 0 bridgehead atoms. The monoisotopic (exact) mass is 225 g/mol. The molecule has 0 aromatic carbocycles. The summed E-state index contributed by atoms with van der Waals surface area (Å²) in [6.45, 7) is 1.24. The molecule has 84 valence electrons. The molecule has 6 nitrogen and oxygen atoms in total. The Bertz CT molecular complexity index is 274. The molecule has 0 saturated heterocycles. The molecule has 0 fully saturated rings. The minimum Gasteiger partial charge on any atom is -0.481 e. The zero-order valence-corrected chi connectivity index (χ0v) is 8.75. The van der Waals surface area contributed by atoms with E-state index in [1.54, 1.807) is 0 Å². The number of carboxylic acids is 1. The van der Waals surface area contributed by atoms with E-state index in [1.807, 2.05) is 0 Å². The second-order valence-corrected chi connectivity index (χ2v) is 4.89. The molecule has 0 unspecified atom stereocenters. The van der Waals surface area contributed by atoms with Crippen LogP contribution in [0.1, 0.15) is 19.8 Å². The Morgan fingerprint density at radius 1 is 1.50 bits per heavy atom. The van der Waals surface area contributed by atoms with E-state index in [4.69, 9.17) is 10.2 Å². The number of aliphatic hydroxyl groups is 1. The van der Waals surface area contributed by atoms with Crippen molar-refractivity contribution in [3.05, 3.63) is 0 Å². The average molecular weight is 225 g/mol. The number of carbonyl (C=O) groups is 1. The fraction of sp³-hybridized carbons (Fsp3) is 0.857. The molecular weight excluding hydrogens is 210 g/mol. The topological polar surface area (TPSA) is 104 Å². The van der Waals surface area contributed by atoms with Crippen molar-refractivity contribution in [1.82, 2.24) is 4.72 Å². The second-order valence-electron chi connectivity index (χ2n) is 3.02. The average Bonchev–Trinajstić information content (AvgIpc) is 2.02. The molecule has 0 aromatic heterocycles. The summed E-state index contributed by atoms with van der Waals surface area (Å²) in [6, 6.07) is -0.537. The number of sulfonamides is 1. The number of aliphatic carboxylic acids is 1. The van der Waals surface area contributed by atoms with Crippen LogP contribution >= 0.6 is 0 Å². The Balaban J connectivity index is 3.90. The predicted molar refractivity (Wildman–Crippen MR) is 50.3 cm³/mol. The molecule has 0 saturated carbocycles. The van der Waals surface area contributed by atoms with E-state index in [2.05, 4.69) is 4.72 Å². The van der Waals surface area contributed by atoms with Crippen molar-refractivity contribution in [3.8, 4) is 0 Å². The van der Waals surface area contributed by atoms with Crippen LogP contribution in [0.2, 0.25) is 0 Å². The molecule has 0 spiro atoms. The molecule has 0 aliphatic rings. The van der Waals surface area contributed by atoms with Crippen LogP contribution in [0, 0.1) is 0 Å². The predicted octanol–water partition coefficient (Wildman–Crippen LogP) is -0.849. The first-order valence-electron chi connectivity index (χ1n) is 4.20. The lowest BCUT2D eigenvalue weighted by Crippen LogP contribution is -2.36. The van der Waals surface area contributed by atoms with Gasteiger partial charge in [0.1, 0.15) is 0 Å². The summed E-state index contributed by atoms with van der Waals surface area (Å²) >= 11 is 0. The molecule has 0 aliphatic carbocycles. The van der Waals surface area contributed by atoms with E-state index in [0.717, 1.165) is 0 Å². The van der Waals surface area contributed by atoms with E-state index in [9.17, 15) is 13.2 Å². The fourth-order valence-corrected chi connectivity index (χ4v) is 2.15. The quantitative estimate of drug-likeness (QED) is 0.523. The van der Waals surface area contributed by atoms with Gasteiger partial charge in [0.25, 0.3) is 0 Å². The van der Waals surface area contributed by atoms with Crippen molar-refractivity contribution in [1.29, 1.82) is 0 Å². The maximum Gasteiger partial charge on any atom is 0.303 e. The van der Waals surface area contributed by atoms with E-state index in [1.165, 1.54) is 6.92 Å². The van der Waals surface area contributed by atoms with Crippen LogP contribution in [-0.2, 0) is 14.8 Å². The first-order chi connectivity index (χ1) is 6.37. The van der Waals surface area contributed by atoms with Crippen LogP contribution in [0.5, 0.6) is 0 Å². The van der Waals surface area contributed by atoms with Gasteiger partial charge in [0, 0.05) is 12.5 Å². The van der Waals surface area contributed by atoms with E-state index in [-0.39, 0.29) is 25.2 Å². The highest BCUT2D eigenvalue weighted by molar-refractivity contribution is 7.89. The summed E-state index contributed by atoms with van der Waals surface area (Å²) in [5, 5.41) is 16.9. The van der Waals surface area contributed by atoms with Crippen molar-refractivity contribution in [2.45, 2.75) is 25.8 Å². The third-order valence-electron chi connectivity index (χ3n) is 1.46. The first-order valence-corrected chi connectivity index (χ1v) is 5.85. The molecule has 7 heteroatoms. The van der Waals surface area contributed by atoms with Gasteiger partial charge >= 0.3 is 5.97 Å². The van der Waals surface area contributed by atoms with E-state index < -0.39 is 22.0 Å². The van der Waals surface area contributed by atoms with Gasteiger partial charge in [-0.25, -0.2) is 13.1 Å². The molecular formula is C7H15NO5S. The van der Waals surface area contributed by atoms with Gasteiger partial charge in [-0.05, 0) is 13.3 Å². The minimum atomic E-state index is -3.46. The largest absolute Gasteiger partial charge is 0.481 e. The SMILES string of the molecule is C[C@H](CO)NS(=O)(=O)CCCC(=O)O. The Kier molecular flexibility index (Phi) is 5.66. The molecule has 3 N–H and O–H groups in total. The highest BCUT2D eigenvalue weighted by atomic mass is 32.2. The zero-order valence-electron chi connectivity index (χ0n) is 7.93. The van der Waals surface area contributed by atoms with Gasteiger partial charge in [0.15, 0.2) is 0 Å². The van der Waals surface area contributed by atoms with Crippen LogP contribution in [0.3, 0.4) is 0 Å². The van der Waals surface area contributed by atoms with Gasteiger partial charge < -0.3 is 10.2 Å². The van der Waals surface area contributed by atoms with Gasteiger partial charge in [0.05, 0.1) is 12.4 Å². The number of hydrogen-bond acceptors (Lipinski definition) is 4. The highest BCUT2D eigenvalue weighted by Gasteiger charge is 2.13. The van der Waals surface area contributed by atoms with Crippen molar-refractivity contribution in [3.63, 3.8) is 0 Å². The van der Waals surface area contributed by atoms with Crippen molar-refractivity contribution in [2.75, 3.05) is 12.4 Å². The van der Waals surface area contributed by atoms with Crippen LogP contribution < -0.4 is 4.72 Å². The van der Waals surface area contributed by atoms with Crippen LogP contribution in [0.15, 0.2) is 0 Å². The lowest BCUT2D eigenvalue weighted by atomic mass is 10.3. The normalized spacial score (nSPS) is 13.9. The van der Waals surface area contributed by atoms with Gasteiger partial charge in [-0.3, -0.25) is 4.79 Å². The maximum atomic E-state index is 11.2. The van der Waals surface area contributed by atoms with Crippen LogP contribution in [0.25, 0.3) is 0 Å². The third kappa shape index (κ3) is 6.81. The maximum absolute atomic E-state index is 11.2. The van der Waals surface area contributed by atoms with Gasteiger partial charge in [-0.15, -0.1) is 0 Å². The molecule has 0 amide bonds. The molecule has 1 atom stereocenters. The van der Waals surface area contributed by atoms with Crippen molar-refractivity contribution >= 4 is 16.0 Å². The van der Waals surface area contributed by atoms with E-state index in [0.29, 0.717) is 0 Å². The summed E-state index contributed by atoms with van der Waals surface area (Å²) in [4.78, 5) is 10.1. The Morgan fingerprint density at radius 3 is 2.50 bits per heavy atom. The summed E-state index contributed by atoms with van der Waals surface area (Å²) in [6.07, 6.45) is -0.1000. The summed E-state index contributed by atoms with van der Waals surface area (Å²) in [7, 11) is -3.46. The molecule has 0 aliphatic heterocycles. The summed E-state index contributed by atoms with van der Waals surface area (Å²) in [5.74, 6) is -1.25. The minimum absolute atomic E-state index is 0.0722. The third-order valence-corrected chi connectivity index (χ3v) is 3.05. The number of aliphatic hydroxyl groups excluding tert-OH is 1. The number of nitrogens with one attached hydrogen (secondary N) is 1. The second kappa shape index (κ2) is 5.94. The van der Waals surface area contributed by atoms with Crippen molar-refractivity contribution < 1.29 is 23.4 Å². The first kappa shape index (κ1) is 13.3. The van der Waals surface area contributed by atoms with Crippen LogP contribution in [-0.4, -0.2) is 43.0 Å². The number of rotatable bonds is 7. The zero-order chi connectivity index (χ0) is 11.2. The van der Waals surface area contributed by atoms with Gasteiger partial charge in [-0.2, -0.15) is 0 Å². The smallest absolute Gasteiger partial charge is 0.303 e. The Hall–Kier alpha value is -0.660. The van der Waals surface area contributed by atoms with Gasteiger partial charge in [-0.1, -0.05) is 0 Å². The Labute approximate surface area is 83.0 Å². The molecule has 0 rings (SSSR count). The number of carboxylic acid groups (broad SMARTS) is 1. The van der Waals surface area contributed by atoms with Gasteiger partial charge in [0.2, 0.25) is 10.0 Å². The summed E-state index contributed by atoms with van der Waals surface area (Å²) < 4.78 is 24.5. The standard InChI is InChI=1S/C7H15NO5S/c1-6(5-9)8-14(12,13)4-2-3-7(10)11/h6,8-9H,2-5H2,1H3,(H,10,11)/t6-/m1/s1. The lowest BCUT2D eigenvalue weighted by Gasteiger charge is -2.10. The summed E-state index contributed by atoms with van der Waals surface area (Å²) in [5.41, 5.74) is 0. The molecule has 0 radical (unpaired) electrons. The Morgan fingerprint density at radius 2 is 2.07 bits per heavy atom. The number of hydrogen-bond donors (Lipinski definition) is 3.